The van der Waals surface area contributed by atoms with Gasteiger partial charge < -0.3 is 10.1 Å². The molecule has 31 heavy (non-hydrogen) atoms. The lowest BCUT2D eigenvalue weighted by atomic mass is 9.97. The highest BCUT2D eigenvalue weighted by Crippen LogP contribution is 2.23. The normalized spacial score (nSPS) is 13.4. The van der Waals surface area contributed by atoms with Crippen LogP contribution in [-0.2, 0) is 0 Å². The van der Waals surface area contributed by atoms with E-state index in [-0.39, 0.29) is 11.7 Å². The Morgan fingerprint density at radius 1 is 1.03 bits per heavy atom. The highest BCUT2D eigenvalue weighted by Gasteiger charge is 2.09. The summed E-state index contributed by atoms with van der Waals surface area (Å²) >= 11 is 0. The smallest absolute Gasteiger partial charge is 0.251 e. The molecule has 0 saturated heterocycles. The molecule has 5 nitrogen and oxygen atoms in total. The summed E-state index contributed by atoms with van der Waals surface area (Å²) in [4.78, 5) is 20.9. The number of nitrogens with one attached hydrogen (secondary N) is 1. The Morgan fingerprint density at radius 2 is 1.84 bits per heavy atom. The van der Waals surface area contributed by atoms with E-state index in [0.717, 1.165) is 19.3 Å². The largest absolute Gasteiger partial charge is 0.439 e. The first-order valence-corrected chi connectivity index (χ1v) is 10.5. The molecule has 0 saturated carbocycles. The fourth-order valence-electron chi connectivity index (χ4n) is 3.50. The van der Waals surface area contributed by atoms with Crippen molar-refractivity contribution in [3.05, 3.63) is 83.8 Å². The van der Waals surface area contributed by atoms with Crippen molar-refractivity contribution in [1.29, 1.82) is 0 Å². The van der Waals surface area contributed by atoms with E-state index in [0.29, 0.717) is 35.1 Å². The SMILES string of the molecule is O=C(NCCC1=CCCCC1)c1ccc(Oc2ccnc(-c3ccc(F)cc3)n2)cc1. The lowest BCUT2D eigenvalue weighted by molar-refractivity contribution is 0.0954. The van der Waals surface area contributed by atoms with Crippen molar-refractivity contribution in [2.45, 2.75) is 32.1 Å². The van der Waals surface area contributed by atoms with E-state index in [4.69, 9.17) is 4.74 Å². The fraction of sp³-hybridized carbons (Fsp3) is 0.240. The zero-order valence-electron chi connectivity index (χ0n) is 17.2. The lowest BCUT2D eigenvalue weighted by Gasteiger charge is -2.13. The summed E-state index contributed by atoms with van der Waals surface area (Å²) in [6.45, 7) is 0.649. The van der Waals surface area contributed by atoms with Gasteiger partial charge >= 0.3 is 0 Å². The van der Waals surface area contributed by atoms with Gasteiger partial charge in [-0.3, -0.25) is 4.79 Å². The number of carbonyl (C=O) groups is 1. The predicted molar refractivity (Wildman–Crippen MR) is 117 cm³/mol. The minimum atomic E-state index is -0.314. The topological polar surface area (TPSA) is 64.1 Å². The maximum atomic E-state index is 13.1. The average molecular weight is 417 g/mol. The van der Waals surface area contributed by atoms with Crippen LogP contribution in [0.2, 0.25) is 0 Å². The minimum absolute atomic E-state index is 0.0939. The first-order valence-electron chi connectivity index (χ1n) is 10.5. The van der Waals surface area contributed by atoms with Gasteiger partial charge in [0.05, 0.1) is 0 Å². The third-order valence-electron chi connectivity index (χ3n) is 5.19. The molecule has 158 valence electrons. The maximum absolute atomic E-state index is 13.1. The number of nitrogens with zero attached hydrogens (tertiary/aromatic N) is 2. The van der Waals surface area contributed by atoms with E-state index in [2.05, 4.69) is 21.4 Å². The van der Waals surface area contributed by atoms with Gasteiger partial charge in [0, 0.05) is 29.9 Å². The first kappa shape index (κ1) is 20.7. The summed E-state index contributed by atoms with van der Waals surface area (Å²) in [6, 6.07) is 14.5. The van der Waals surface area contributed by atoms with Gasteiger partial charge in [-0.2, -0.15) is 4.98 Å². The number of carbonyl (C=O) groups excluding carboxylic acids is 1. The van der Waals surface area contributed by atoms with Crippen LogP contribution in [0.4, 0.5) is 4.39 Å². The number of hydrogen-bond acceptors (Lipinski definition) is 4. The molecule has 1 amide bonds. The van der Waals surface area contributed by atoms with Crippen LogP contribution in [0, 0.1) is 5.82 Å². The van der Waals surface area contributed by atoms with Crippen LogP contribution < -0.4 is 10.1 Å². The van der Waals surface area contributed by atoms with Crippen molar-refractivity contribution in [3.63, 3.8) is 0 Å². The second kappa shape index (κ2) is 9.98. The average Bonchev–Trinajstić information content (AvgIpc) is 2.81. The molecule has 1 aliphatic rings. The third kappa shape index (κ3) is 5.75. The molecule has 1 heterocycles. The van der Waals surface area contributed by atoms with Gasteiger partial charge in [-0.25, -0.2) is 9.37 Å². The van der Waals surface area contributed by atoms with E-state index in [1.165, 1.54) is 30.5 Å². The molecule has 0 atom stereocenters. The zero-order chi connectivity index (χ0) is 21.5. The van der Waals surface area contributed by atoms with Crippen LogP contribution in [0.3, 0.4) is 0 Å². The molecule has 1 aromatic heterocycles. The van der Waals surface area contributed by atoms with Gasteiger partial charge in [-0.05, 0) is 80.6 Å². The van der Waals surface area contributed by atoms with Gasteiger partial charge in [0.15, 0.2) is 5.82 Å². The zero-order valence-corrected chi connectivity index (χ0v) is 17.2. The molecule has 0 aliphatic heterocycles. The van der Waals surface area contributed by atoms with Crippen LogP contribution in [0.15, 0.2) is 72.4 Å². The molecule has 2 aromatic carbocycles. The molecular weight excluding hydrogens is 393 g/mol. The number of rotatable bonds is 7. The van der Waals surface area contributed by atoms with Gasteiger partial charge in [-0.15, -0.1) is 0 Å². The second-order valence-corrected chi connectivity index (χ2v) is 7.47. The summed E-state index contributed by atoms with van der Waals surface area (Å²) in [5, 5.41) is 2.98. The molecule has 0 fully saturated rings. The van der Waals surface area contributed by atoms with Crippen LogP contribution in [0.5, 0.6) is 11.6 Å². The van der Waals surface area contributed by atoms with E-state index in [9.17, 15) is 9.18 Å². The Labute approximate surface area is 181 Å². The van der Waals surface area contributed by atoms with Gasteiger partial charge in [0.2, 0.25) is 5.88 Å². The Hall–Kier alpha value is -3.54. The molecule has 6 heteroatoms. The molecule has 1 N–H and O–H groups in total. The Kier molecular flexibility index (Phi) is 6.67. The molecule has 0 radical (unpaired) electrons. The van der Waals surface area contributed by atoms with Crippen molar-refractivity contribution in [2.24, 2.45) is 0 Å². The van der Waals surface area contributed by atoms with Crippen molar-refractivity contribution in [2.75, 3.05) is 6.54 Å². The number of benzene rings is 2. The molecule has 1 aliphatic carbocycles. The summed E-state index contributed by atoms with van der Waals surface area (Å²) in [5.74, 6) is 0.969. The van der Waals surface area contributed by atoms with Crippen molar-refractivity contribution < 1.29 is 13.9 Å². The molecule has 0 bridgehead atoms. The molecule has 4 rings (SSSR count). The Balaban J connectivity index is 1.34. The number of ether oxygens (including phenoxy) is 1. The lowest BCUT2D eigenvalue weighted by Crippen LogP contribution is -2.24. The summed E-state index contributed by atoms with van der Waals surface area (Å²) in [7, 11) is 0. The van der Waals surface area contributed by atoms with Crippen LogP contribution >= 0.6 is 0 Å². The van der Waals surface area contributed by atoms with E-state index in [1.54, 1.807) is 48.7 Å². The van der Waals surface area contributed by atoms with Crippen molar-refractivity contribution in [1.82, 2.24) is 15.3 Å². The highest BCUT2D eigenvalue weighted by atomic mass is 19.1. The van der Waals surface area contributed by atoms with E-state index >= 15 is 0 Å². The highest BCUT2D eigenvalue weighted by molar-refractivity contribution is 5.94. The number of hydrogen-bond donors (Lipinski definition) is 1. The van der Waals surface area contributed by atoms with Crippen molar-refractivity contribution in [3.8, 4) is 23.0 Å². The van der Waals surface area contributed by atoms with Crippen LogP contribution in [0.1, 0.15) is 42.5 Å². The second-order valence-electron chi connectivity index (χ2n) is 7.47. The van der Waals surface area contributed by atoms with Gasteiger partial charge in [0.25, 0.3) is 5.91 Å². The Bertz CT molecular complexity index is 1060. The molecule has 3 aromatic rings. The number of allylic oxidation sites excluding steroid dienone is 1. The van der Waals surface area contributed by atoms with E-state index < -0.39 is 0 Å². The standard InChI is InChI=1S/C25H24FN3O2/c26-21-10-6-19(7-11-21)24-27-17-15-23(29-24)31-22-12-8-20(9-13-22)25(30)28-16-14-18-4-2-1-3-5-18/h4,6-13,15,17H,1-3,5,14,16H2,(H,28,30). The van der Waals surface area contributed by atoms with Crippen LogP contribution in [-0.4, -0.2) is 22.4 Å². The first-order chi connectivity index (χ1) is 15.2. The number of halogens is 1. The summed E-state index contributed by atoms with van der Waals surface area (Å²) in [5.41, 5.74) is 2.72. The minimum Gasteiger partial charge on any atom is -0.439 e. The monoisotopic (exact) mass is 417 g/mol. The fourth-order valence-corrected chi connectivity index (χ4v) is 3.50. The number of aromatic nitrogens is 2. The van der Waals surface area contributed by atoms with Crippen LogP contribution in [0.25, 0.3) is 11.4 Å². The molecule has 0 unspecified atom stereocenters. The van der Waals surface area contributed by atoms with E-state index in [1.807, 2.05) is 0 Å². The maximum Gasteiger partial charge on any atom is 0.251 e. The Morgan fingerprint density at radius 3 is 2.58 bits per heavy atom. The number of amides is 1. The summed E-state index contributed by atoms with van der Waals surface area (Å²) in [6.07, 6.45) is 9.63. The van der Waals surface area contributed by atoms with Gasteiger partial charge in [-0.1, -0.05) is 11.6 Å². The van der Waals surface area contributed by atoms with Gasteiger partial charge in [0.1, 0.15) is 11.6 Å². The molecular formula is C25H24FN3O2. The van der Waals surface area contributed by atoms with Crippen molar-refractivity contribution >= 4 is 5.91 Å². The third-order valence-corrected chi connectivity index (χ3v) is 5.19. The molecule has 0 spiro atoms. The predicted octanol–water partition coefficient (Wildman–Crippen LogP) is 5.70. The summed E-state index contributed by atoms with van der Waals surface area (Å²) < 4.78 is 18.9. The quantitative estimate of drug-likeness (QED) is 0.501.